The molecule has 0 amide bonds. The first-order valence-electron chi connectivity index (χ1n) is 4.48. The molecule has 0 unspecified atom stereocenters. The maximum Gasteiger partial charge on any atom is 0.258 e. The molecule has 1 aromatic carbocycles. The van der Waals surface area contributed by atoms with E-state index in [1.165, 1.54) is 7.11 Å². The molecule has 2 aromatic rings. The number of aromatic amines is 1. The largest absolute Gasteiger partial charge is 0.496 e. The predicted octanol–water partition coefficient (Wildman–Crippen LogP) is 2.01. The van der Waals surface area contributed by atoms with Crippen molar-refractivity contribution < 1.29 is 9.13 Å². The van der Waals surface area contributed by atoms with Crippen molar-refractivity contribution in [3.8, 4) is 5.75 Å². The fourth-order valence-corrected chi connectivity index (χ4v) is 2.10. The summed E-state index contributed by atoms with van der Waals surface area (Å²) in [6.07, 6.45) is 0. The summed E-state index contributed by atoms with van der Waals surface area (Å²) < 4.78 is 18.4. The van der Waals surface area contributed by atoms with Gasteiger partial charge in [-0.05, 0) is 28.7 Å². The topological polar surface area (TPSA) is 55.0 Å². The summed E-state index contributed by atoms with van der Waals surface area (Å²) in [6.45, 7) is -0.792. The second kappa shape index (κ2) is 4.36. The molecule has 2 rings (SSSR count). The number of alkyl halides is 1. The molecule has 0 aliphatic carbocycles. The van der Waals surface area contributed by atoms with Crippen molar-refractivity contribution in [3.63, 3.8) is 0 Å². The summed E-state index contributed by atoms with van der Waals surface area (Å²) in [6, 6.07) is 3.30. The van der Waals surface area contributed by atoms with Crippen LogP contribution in [-0.4, -0.2) is 17.1 Å². The lowest BCUT2D eigenvalue weighted by Crippen LogP contribution is -2.11. The van der Waals surface area contributed by atoms with Crippen LogP contribution in [0.2, 0.25) is 0 Å². The number of nitrogens with zero attached hydrogens (tertiary/aromatic N) is 1. The SMILES string of the molecule is COc1cc2nc(CF)[nH]c(=O)c2cc1I. The van der Waals surface area contributed by atoms with E-state index >= 15 is 0 Å². The number of nitrogens with one attached hydrogen (secondary N) is 1. The molecule has 16 heavy (non-hydrogen) atoms. The standard InChI is InChI=1S/C10H8FIN2O2/c1-16-8-3-7-5(2-6(8)12)10(15)14-9(4-11)13-7/h2-3H,4H2,1H3,(H,13,14,15). The van der Waals surface area contributed by atoms with E-state index in [0.717, 1.165) is 3.57 Å². The molecule has 84 valence electrons. The second-order valence-electron chi connectivity index (χ2n) is 3.15. The van der Waals surface area contributed by atoms with E-state index in [1.54, 1.807) is 12.1 Å². The van der Waals surface area contributed by atoms with Crippen LogP contribution in [0.4, 0.5) is 4.39 Å². The summed E-state index contributed by atoms with van der Waals surface area (Å²) in [4.78, 5) is 18.0. The Balaban J connectivity index is 2.80. The Hall–Kier alpha value is -1.18. The van der Waals surface area contributed by atoms with Crippen LogP contribution in [-0.2, 0) is 6.67 Å². The Labute approximate surface area is 104 Å². The van der Waals surface area contributed by atoms with E-state index in [1.807, 2.05) is 0 Å². The molecule has 0 saturated carbocycles. The number of aromatic nitrogens is 2. The van der Waals surface area contributed by atoms with Gasteiger partial charge in [-0.1, -0.05) is 0 Å². The molecule has 1 N–H and O–H groups in total. The monoisotopic (exact) mass is 334 g/mol. The summed E-state index contributed by atoms with van der Waals surface area (Å²) in [5.74, 6) is 0.650. The Morgan fingerprint density at radius 2 is 2.31 bits per heavy atom. The van der Waals surface area contributed by atoms with E-state index in [2.05, 4.69) is 32.6 Å². The lowest BCUT2D eigenvalue weighted by Gasteiger charge is -2.05. The highest BCUT2D eigenvalue weighted by atomic mass is 127. The molecule has 0 atom stereocenters. The third-order valence-electron chi connectivity index (χ3n) is 2.15. The highest BCUT2D eigenvalue weighted by Gasteiger charge is 2.08. The van der Waals surface area contributed by atoms with Gasteiger partial charge in [0, 0.05) is 6.07 Å². The minimum Gasteiger partial charge on any atom is -0.496 e. The van der Waals surface area contributed by atoms with Crippen molar-refractivity contribution in [2.24, 2.45) is 0 Å². The van der Waals surface area contributed by atoms with Crippen LogP contribution >= 0.6 is 22.6 Å². The van der Waals surface area contributed by atoms with Gasteiger partial charge in [0.15, 0.2) is 0 Å². The van der Waals surface area contributed by atoms with Crippen LogP contribution < -0.4 is 10.3 Å². The van der Waals surface area contributed by atoms with Gasteiger partial charge in [-0.25, -0.2) is 9.37 Å². The molecular formula is C10H8FIN2O2. The maximum absolute atomic E-state index is 12.4. The van der Waals surface area contributed by atoms with Crippen LogP contribution in [0.5, 0.6) is 5.75 Å². The number of fused-ring (bicyclic) bond motifs is 1. The van der Waals surface area contributed by atoms with Crippen molar-refractivity contribution >= 4 is 33.5 Å². The fourth-order valence-electron chi connectivity index (χ4n) is 1.41. The van der Waals surface area contributed by atoms with Crippen molar-refractivity contribution in [3.05, 3.63) is 31.9 Å². The number of halogens is 2. The molecule has 0 aliphatic rings. The van der Waals surface area contributed by atoms with E-state index < -0.39 is 6.67 Å². The van der Waals surface area contributed by atoms with Crippen molar-refractivity contribution in [2.75, 3.05) is 7.11 Å². The molecule has 1 heterocycles. The second-order valence-corrected chi connectivity index (χ2v) is 4.31. The number of rotatable bonds is 2. The Morgan fingerprint density at radius 3 is 2.94 bits per heavy atom. The van der Waals surface area contributed by atoms with Gasteiger partial charge in [-0.15, -0.1) is 0 Å². The first-order valence-corrected chi connectivity index (χ1v) is 5.56. The average Bonchev–Trinajstić information content (AvgIpc) is 2.29. The fraction of sp³-hybridized carbons (Fsp3) is 0.200. The Kier molecular flexibility index (Phi) is 3.08. The summed E-state index contributed by atoms with van der Waals surface area (Å²) in [7, 11) is 1.53. The van der Waals surface area contributed by atoms with E-state index in [-0.39, 0.29) is 11.4 Å². The normalized spacial score (nSPS) is 10.7. The van der Waals surface area contributed by atoms with Crippen molar-refractivity contribution in [2.45, 2.75) is 6.67 Å². The predicted molar refractivity (Wildman–Crippen MR) is 66.4 cm³/mol. The zero-order valence-corrected chi connectivity index (χ0v) is 10.5. The smallest absolute Gasteiger partial charge is 0.258 e. The van der Waals surface area contributed by atoms with E-state index in [4.69, 9.17) is 4.74 Å². The quantitative estimate of drug-likeness (QED) is 0.855. The van der Waals surface area contributed by atoms with Crippen LogP contribution in [0, 0.1) is 3.57 Å². The molecule has 0 saturated heterocycles. The third-order valence-corrected chi connectivity index (χ3v) is 3.00. The van der Waals surface area contributed by atoms with Gasteiger partial charge in [-0.2, -0.15) is 0 Å². The van der Waals surface area contributed by atoms with Crippen LogP contribution in [0.1, 0.15) is 5.82 Å². The molecule has 0 fully saturated rings. The molecule has 0 spiro atoms. The van der Waals surface area contributed by atoms with Crippen LogP contribution in [0.25, 0.3) is 10.9 Å². The van der Waals surface area contributed by atoms with Gasteiger partial charge < -0.3 is 9.72 Å². The van der Waals surface area contributed by atoms with Gasteiger partial charge in [0.1, 0.15) is 18.2 Å². The average molecular weight is 334 g/mol. The molecule has 0 bridgehead atoms. The van der Waals surface area contributed by atoms with Gasteiger partial charge in [0.05, 0.1) is 21.6 Å². The van der Waals surface area contributed by atoms with Gasteiger partial charge in [0.2, 0.25) is 0 Å². The highest BCUT2D eigenvalue weighted by molar-refractivity contribution is 14.1. The molecule has 4 nitrogen and oxygen atoms in total. The number of hydrogen-bond donors (Lipinski definition) is 1. The van der Waals surface area contributed by atoms with Crippen molar-refractivity contribution in [1.29, 1.82) is 0 Å². The number of hydrogen-bond acceptors (Lipinski definition) is 3. The van der Waals surface area contributed by atoms with Crippen molar-refractivity contribution in [1.82, 2.24) is 9.97 Å². The van der Waals surface area contributed by atoms with Gasteiger partial charge in [0.25, 0.3) is 5.56 Å². The lowest BCUT2D eigenvalue weighted by molar-refractivity contribution is 0.412. The maximum atomic E-state index is 12.4. The number of ether oxygens (including phenoxy) is 1. The van der Waals surface area contributed by atoms with Gasteiger partial charge >= 0.3 is 0 Å². The molecule has 0 radical (unpaired) electrons. The van der Waals surface area contributed by atoms with E-state index in [9.17, 15) is 9.18 Å². The molecular weight excluding hydrogens is 326 g/mol. The number of methoxy groups -OCH3 is 1. The molecule has 0 aliphatic heterocycles. The lowest BCUT2D eigenvalue weighted by atomic mass is 10.2. The highest BCUT2D eigenvalue weighted by Crippen LogP contribution is 2.24. The van der Waals surface area contributed by atoms with E-state index in [0.29, 0.717) is 16.7 Å². The Bertz CT molecular complexity index is 597. The Morgan fingerprint density at radius 1 is 1.56 bits per heavy atom. The molecule has 1 aromatic heterocycles. The summed E-state index contributed by atoms with van der Waals surface area (Å²) in [5.41, 5.74) is 0.104. The number of benzene rings is 1. The minimum atomic E-state index is -0.792. The first kappa shape index (κ1) is 11.3. The number of H-pyrrole nitrogens is 1. The van der Waals surface area contributed by atoms with Crippen LogP contribution in [0.3, 0.4) is 0 Å². The summed E-state index contributed by atoms with van der Waals surface area (Å²) in [5, 5.41) is 0.433. The summed E-state index contributed by atoms with van der Waals surface area (Å²) >= 11 is 2.06. The van der Waals surface area contributed by atoms with Crippen LogP contribution in [0.15, 0.2) is 16.9 Å². The zero-order valence-electron chi connectivity index (χ0n) is 8.38. The minimum absolute atomic E-state index is 0.0285. The molecule has 6 heteroatoms. The first-order chi connectivity index (χ1) is 7.65. The van der Waals surface area contributed by atoms with Gasteiger partial charge in [-0.3, -0.25) is 4.79 Å². The third kappa shape index (κ3) is 1.89. The zero-order chi connectivity index (χ0) is 11.7.